The Morgan fingerprint density at radius 2 is 2.20 bits per heavy atom. The van der Waals surface area contributed by atoms with Crippen LogP contribution < -0.4 is 0 Å². The minimum absolute atomic E-state index is 0.136. The van der Waals surface area contributed by atoms with Crippen molar-refractivity contribution in [3.63, 3.8) is 0 Å². The van der Waals surface area contributed by atoms with Crippen LogP contribution >= 0.6 is 15.9 Å². The van der Waals surface area contributed by atoms with Gasteiger partial charge in [0.1, 0.15) is 11.3 Å². The van der Waals surface area contributed by atoms with Crippen molar-refractivity contribution < 1.29 is 18.3 Å². The van der Waals surface area contributed by atoms with Crippen LogP contribution in [-0.2, 0) is 4.74 Å². The molecule has 0 saturated carbocycles. The van der Waals surface area contributed by atoms with Gasteiger partial charge in [-0.15, -0.1) is 0 Å². The molecule has 0 bridgehead atoms. The molecule has 102 valence electrons. The number of carbonyl (C=O) groups is 1. The molecule has 0 fully saturated rings. The third kappa shape index (κ3) is 2.17. The zero-order valence-electron chi connectivity index (χ0n) is 9.89. The maximum Gasteiger partial charge on any atom is 0.339 e. The molecule has 0 atom stereocenters. The molecule has 1 aromatic heterocycles. The van der Waals surface area contributed by atoms with Crippen LogP contribution in [0.1, 0.15) is 10.4 Å². The van der Waals surface area contributed by atoms with E-state index in [1.165, 1.54) is 0 Å². The van der Waals surface area contributed by atoms with Gasteiger partial charge in [0.25, 0.3) is 0 Å². The highest BCUT2D eigenvalue weighted by atomic mass is 79.9. The average molecular weight is 343 g/mol. The first-order valence-electron chi connectivity index (χ1n) is 5.10. The summed E-state index contributed by atoms with van der Waals surface area (Å²) in [5.74, 6) is -2.68. The number of nitrogens with zero attached hydrogens (tertiary/aromatic N) is 4. The fourth-order valence-electron chi connectivity index (χ4n) is 1.66. The van der Waals surface area contributed by atoms with E-state index in [1.54, 1.807) is 0 Å². The second-order valence-electron chi connectivity index (χ2n) is 3.58. The number of hydrogen-bond donors (Lipinski definition) is 0. The summed E-state index contributed by atoms with van der Waals surface area (Å²) in [6, 6.07) is 0.636. The minimum atomic E-state index is -0.938. The Bertz CT molecular complexity index is 775. The van der Waals surface area contributed by atoms with Gasteiger partial charge in [0, 0.05) is 22.6 Å². The van der Waals surface area contributed by atoms with Gasteiger partial charge in [-0.05, 0) is 21.5 Å². The van der Waals surface area contributed by atoms with Crippen LogP contribution in [0.15, 0.2) is 21.9 Å². The predicted molar refractivity (Wildman–Crippen MR) is 69.5 cm³/mol. The van der Waals surface area contributed by atoms with E-state index in [4.69, 9.17) is 5.53 Å². The molecule has 0 unspecified atom stereocenters. The second kappa shape index (κ2) is 5.40. The molecule has 0 aliphatic rings. The Hall–Kier alpha value is -2.25. The van der Waals surface area contributed by atoms with Crippen molar-refractivity contribution in [3.8, 4) is 0 Å². The fourth-order valence-corrected chi connectivity index (χ4v) is 2.15. The molecule has 9 heteroatoms. The second-order valence-corrected chi connectivity index (χ2v) is 4.37. The third-order valence-corrected chi connectivity index (χ3v) is 3.29. The van der Waals surface area contributed by atoms with Crippen molar-refractivity contribution in [3.05, 3.63) is 44.4 Å². The van der Waals surface area contributed by atoms with Crippen LogP contribution in [0.5, 0.6) is 0 Å². The molecule has 0 aliphatic carbocycles. The first-order chi connectivity index (χ1) is 9.51. The van der Waals surface area contributed by atoms with Crippen LogP contribution in [-0.4, -0.2) is 18.1 Å². The van der Waals surface area contributed by atoms with Gasteiger partial charge in [0.05, 0.1) is 22.8 Å². The monoisotopic (exact) mass is 342 g/mol. The summed E-state index contributed by atoms with van der Waals surface area (Å²) in [4.78, 5) is 17.9. The van der Waals surface area contributed by atoms with E-state index in [-0.39, 0.29) is 26.6 Å². The average Bonchev–Trinajstić information content (AvgIpc) is 2.44. The van der Waals surface area contributed by atoms with Crippen molar-refractivity contribution in [2.75, 3.05) is 7.11 Å². The number of fused-ring (bicyclic) bond motifs is 1. The SMILES string of the molecule is COC(=O)c1cnc2c(F)cc(F)c(Br)c2c1N=[N+]=[N-]. The van der Waals surface area contributed by atoms with Gasteiger partial charge in [-0.25, -0.2) is 13.6 Å². The van der Waals surface area contributed by atoms with Gasteiger partial charge in [0.2, 0.25) is 0 Å². The van der Waals surface area contributed by atoms with Gasteiger partial charge in [0.15, 0.2) is 5.82 Å². The Morgan fingerprint density at radius 3 is 2.80 bits per heavy atom. The third-order valence-electron chi connectivity index (χ3n) is 2.51. The number of halogens is 3. The number of benzene rings is 1. The number of aromatic nitrogens is 1. The number of azide groups is 1. The summed E-state index contributed by atoms with van der Waals surface area (Å²) in [6.07, 6.45) is 1.01. The van der Waals surface area contributed by atoms with E-state index in [0.717, 1.165) is 13.3 Å². The summed E-state index contributed by atoms with van der Waals surface area (Å²) in [6.45, 7) is 0. The van der Waals surface area contributed by atoms with Crippen molar-refractivity contribution >= 4 is 38.5 Å². The zero-order valence-corrected chi connectivity index (χ0v) is 11.5. The Labute approximate surface area is 119 Å². The van der Waals surface area contributed by atoms with E-state index in [0.29, 0.717) is 6.07 Å². The molecule has 20 heavy (non-hydrogen) atoms. The summed E-state index contributed by atoms with van der Waals surface area (Å²) < 4.78 is 31.6. The molecule has 0 amide bonds. The highest BCUT2D eigenvalue weighted by Crippen LogP contribution is 2.37. The zero-order chi connectivity index (χ0) is 14.9. The van der Waals surface area contributed by atoms with Crippen LogP contribution in [0.3, 0.4) is 0 Å². The number of carbonyl (C=O) groups excluding carboxylic acids is 1. The Morgan fingerprint density at radius 1 is 1.50 bits per heavy atom. The lowest BCUT2D eigenvalue weighted by atomic mass is 10.1. The molecule has 0 radical (unpaired) electrons. The Kier molecular flexibility index (Phi) is 3.82. The smallest absolute Gasteiger partial charge is 0.339 e. The summed E-state index contributed by atoms with van der Waals surface area (Å²) in [7, 11) is 1.12. The van der Waals surface area contributed by atoms with E-state index < -0.39 is 17.6 Å². The highest BCUT2D eigenvalue weighted by molar-refractivity contribution is 9.10. The lowest BCUT2D eigenvalue weighted by Gasteiger charge is -2.09. The van der Waals surface area contributed by atoms with Crippen molar-refractivity contribution in [2.45, 2.75) is 0 Å². The molecule has 0 aliphatic heterocycles. The number of pyridine rings is 1. The van der Waals surface area contributed by atoms with Crippen LogP contribution in [0, 0.1) is 11.6 Å². The number of ether oxygens (including phenoxy) is 1. The van der Waals surface area contributed by atoms with Gasteiger partial charge in [-0.1, -0.05) is 5.11 Å². The molecule has 2 aromatic rings. The van der Waals surface area contributed by atoms with Gasteiger partial charge in [-0.2, -0.15) is 0 Å². The largest absolute Gasteiger partial charge is 0.465 e. The normalized spacial score (nSPS) is 10.2. The van der Waals surface area contributed by atoms with Crippen molar-refractivity contribution in [1.82, 2.24) is 4.98 Å². The first-order valence-corrected chi connectivity index (χ1v) is 5.90. The quantitative estimate of drug-likeness (QED) is 0.271. The van der Waals surface area contributed by atoms with Gasteiger partial charge >= 0.3 is 5.97 Å². The number of methoxy groups -OCH3 is 1. The number of esters is 1. The maximum absolute atomic E-state index is 13.7. The lowest BCUT2D eigenvalue weighted by molar-refractivity contribution is 0.0601. The van der Waals surface area contributed by atoms with E-state index >= 15 is 0 Å². The van der Waals surface area contributed by atoms with E-state index in [9.17, 15) is 13.6 Å². The molecular weight excluding hydrogens is 338 g/mol. The highest BCUT2D eigenvalue weighted by Gasteiger charge is 2.20. The van der Waals surface area contributed by atoms with E-state index in [2.05, 4.69) is 35.7 Å². The number of hydrogen-bond acceptors (Lipinski definition) is 4. The molecule has 1 aromatic carbocycles. The molecule has 1 heterocycles. The molecule has 0 saturated heterocycles. The summed E-state index contributed by atoms with van der Waals surface area (Å²) in [5, 5.41) is 3.19. The Balaban J connectivity index is 3.01. The molecule has 0 spiro atoms. The van der Waals surface area contributed by atoms with Crippen LogP contribution in [0.4, 0.5) is 14.5 Å². The lowest BCUT2D eigenvalue weighted by Crippen LogP contribution is -2.03. The van der Waals surface area contributed by atoms with Gasteiger partial charge < -0.3 is 4.74 Å². The summed E-state index contributed by atoms with van der Waals surface area (Å²) in [5.41, 5.74) is 7.90. The maximum atomic E-state index is 13.7. The van der Waals surface area contributed by atoms with E-state index in [1.807, 2.05) is 0 Å². The van der Waals surface area contributed by atoms with Crippen LogP contribution in [0.2, 0.25) is 0 Å². The summed E-state index contributed by atoms with van der Waals surface area (Å²) >= 11 is 2.92. The topological polar surface area (TPSA) is 88.0 Å². The first kappa shape index (κ1) is 14.2. The minimum Gasteiger partial charge on any atom is -0.465 e. The van der Waals surface area contributed by atoms with Gasteiger partial charge in [-0.3, -0.25) is 4.98 Å². The van der Waals surface area contributed by atoms with Crippen molar-refractivity contribution in [2.24, 2.45) is 5.11 Å². The van der Waals surface area contributed by atoms with Crippen molar-refractivity contribution in [1.29, 1.82) is 0 Å². The number of rotatable bonds is 2. The fraction of sp³-hybridized carbons (Fsp3) is 0.0909. The molecule has 6 nitrogen and oxygen atoms in total. The standard InChI is InChI=1S/C11H5BrF2N4O2/c1-20-11(19)4-3-16-10-6(14)2-5(13)8(12)7(10)9(4)17-18-15/h2-3H,1H3. The van der Waals surface area contributed by atoms with Crippen LogP contribution in [0.25, 0.3) is 21.3 Å². The molecule has 0 N–H and O–H groups in total. The predicted octanol–water partition coefficient (Wildman–Crippen LogP) is 4.00. The molecular formula is C11H5BrF2N4O2. The molecule has 2 rings (SSSR count).